The van der Waals surface area contributed by atoms with Gasteiger partial charge in [-0.05, 0) is 30.8 Å². The zero-order valence-electron chi connectivity index (χ0n) is 10.6. The summed E-state index contributed by atoms with van der Waals surface area (Å²) < 4.78 is 0. The molecule has 0 atom stereocenters. The molecule has 2 aromatic heterocycles. The van der Waals surface area contributed by atoms with E-state index in [0.717, 1.165) is 31.0 Å². The largest absolute Gasteiger partial charge is 0.384 e. The Morgan fingerprint density at radius 1 is 1.06 bits per heavy atom. The summed E-state index contributed by atoms with van der Waals surface area (Å²) in [6.45, 7) is 4.70. The smallest absolute Gasteiger partial charge is 0.123 e. The van der Waals surface area contributed by atoms with Gasteiger partial charge in [0.2, 0.25) is 0 Å². The van der Waals surface area contributed by atoms with Crippen molar-refractivity contribution >= 4 is 5.82 Å². The number of pyridine rings is 2. The number of nitrogens with zero attached hydrogens (tertiary/aromatic N) is 3. The highest BCUT2D eigenvalue weighted by Crippen LogP contribution is 2.07. The first-order valence-electron chi connectivity index (χ1n) is 6.11. The normalized spacial score (nSPS) is 10.8. The molecule has 2 heterocycles. The Morgan fingerprint density at radius 2 is 1.83 bits per heavy atom. The third-order valence-corrected chi connectivity index (χ3v) is 2.77. The van der Waals surface area contributed by atoms with Crippen LogP contribution in [0, 0.1) is 0 Å². The second-order valence-corrected chi connectivity index (χ2v) is 4.18. The maximum Gasteiger partial charge on any atom is 0.123 e. The number of hydrogen-bond donors (Lipinski definition) is 1. The van der Waals surface area contributed by atoms with Gasteiger partial charge in [-0.2, -0.15) is 0 Å². The van der Waals surface area contributed by atoms with E-state index in [2.05, 4.69) is 21.8 Å². The van der Waals surface area contributed by atoms with Gasteiger partial charge in [0.15, 0.2) is 0 Å². The lowest BCUT2D eigenvalue weighted by Crippen LogP contribution is -2.23. The van der Waals surface area contributed by atoms with Crippen LogP contribution in [0.4, 0.5) is 5.82 Å². The zero-order valence-corrected chi connectivity index (χ0v) is 10.6. The summed E-state index contributed by atoms with van der Waals surface area (Å²) >= 11 is 0. The first-order valence-corrected chi connectivity index (χ1v) is 6.11. The molecule has 94 valence electrons. The molecular weight excluding hydrogens is 224 g/mol. The average Bonchev–Trinajstić information content (AvgIpc) is 2.39. The van der Waals surface area contributed by atoms with Crippen LogP contribution in [0.5, 0.6) is 0 Å². The minimum atomic E-state index is 0.571. The molecule has 0 aromatic carbocycles. The molecular formula is C14H18N4. The number of aromatic nitrogens is 2. The molecule has 18 heavy (non-hydrogen) atoms. The van der Waals surface area contributed by atoms with E-state index in [4.69, 9.17) is 5.73 Å². The van der Waals surface area contributed by atoms with Gasteiger partial charge in [-0.25, -0.2) is 4.98 Å². The van der Waals surface area contributed by atoms with E-state index in [0.29, 0.717) is 5.82 Å². The van der Waals surface area contributed by atoms with Crippen LogP contribution in [0.15, 0.2) is 42.6 Å². The summed E-state index contributed by atoms with van der Waals surface area (Å²) in [6.07, 6.45) is 1.82. The van der Waals surface area contributed by atoms with E-state index >= 15 is 0 Å². The topological polar surface area (TPSA) is 55.0 Å². The van der Waals surface area contributed by atoms with Crippen LogP contribution in [0.3, 0.4) is 0 Å². The summed E-state index contributed by atoms with van der Waals surface area (Å²) in [6, 6.07) is 11.7. The predicted octanol–water partition coefficient (Wildman–Crippen LogP) is 2.08. The quantitative estimate of drug-likeness (QED) is 0.872. The van der Waals surface area contributed by atoms with Crippen LogP contribution >= 0.6 is 0 Å². The molecule has 0 amide bonds. The van der Waals surface area contributed by atoms with Crippen LogP contribution < -0.4 is 5.73 Å². The van der Waals surface area contributed by atoms with Gasteiger partial charge in [0, 0.05) is 19.3 Å². The number of nitrogen functional groups attached to an aromatic ring is 1. The lowest BCUT2D eigenvalue weighted by Gasteiger charge is -2.19. The molecule has 0 aliphatic carbocycles. The van der Waals surface area contributed by atoms with Crippen molar-refractivity contribution < 1.29 is 0 Å². The lowest BCUT2D eigenvalue weighted by molar-refractivity contribution is 0.265. The van der Waals surface area contributed by atoms with Gasteiger partial charge >= 0.3 is 0 Å². The Balaban J connectivity index is 2.01. The Labute approximate surface area is 107 Å². The molecule has 0 spiro atoms. The molecule has 2 aromatic rings. The second-order valence-electron chi connectivity index (χ2n) is 4.18. The maximum absolute atomic E-state index is 5.69. The van der Waals surface area contributed by atoms with Crippen LogP contribution in [0.1, 0.15) is 18.3 Å². The van der Waals surface area contributed by atoms with Crippen molar-refractivity contribution in [1.82, 2.24) is 14.9 Å². The number of rotatable bonds is 5. The fourth-order valence-electron chi connectivity index (χ4n) is 1.82. The highest BCUT2D eigenvalue weighted by Gasteiger charge is 2.06. The summed E-state index contributed by atoms with van der Waals surface area (Å²) in [5.41, 5.74) is 7.75. The molecule has 2 rings (SSSR count). The van der Waals surface area contributed by atoms with Crippen LogP contribution in [0.2, 0.25) is 0 Å². The molecule has 4 heteroatoms. The fraction of sp³-hybridized carbons (Fsp3) is 0.286. The first-order chi connectivity index (χ1) is 8.78. The van der Waals surface area contributed by atoms with Crippen LogP contribution in [0.25, 0.3) is 0 Å². The van der Waals surface area contributed by atoms with Crippen molar-refractivity contribution in [2.75, 3.05) is 12.3 Å². The van der Waals surface area contributed by atoms with Gasteiger partial charge < -0.3 is 5.73 Å². The van der Waals surface area contributed by atoms with E-state index in [9.17, 15) is 0 Å². The number of nitrogens with two attached hydrogens (primary N) is 1. The van der Waals surface area contributed by atoms with Crippen molar-refractivity contribution in [2.24, 2.45) is 0 Å². The van der Waals surface area contributed by atoms with E-state index in [1.54, 1.807) is 6.07 Å². The minimum Gasteiger partial charge on any atom is -0.384 e. The summed E-state index contributed by atoms with van der Waals surface area (Å²) in [5, 5.41) is 0. The van der Waals surface area contributed by atoms with E-state index < -0.39 is 0 Å². The highest BCUT2D eigenvalue weighted by atomic mass is 15.1. The van der Waals surface area contributed by atoms with Crippen molar-refractivity contribution in [3.8, 4) is 0 Å². The number of hydrogen-bond acceptors (Lipinski definition) is 4. The van der Waals surface area contributed by atoms with Gasteiger partial charge in [0.05, 0.1) is 11.4 Å². The fourth-order valence-corrected chi connectivity index (χ4v) is 1.82. The van der Waals surface area contributed by atoms with Crippen molar-refractivity contribution in [1.29, 1.82) is 0 Å². The summed E-state index contributed by atoms with van der Waals surface area (Å²) in [7, 11) is 0. The Morgan fingerprint density at radius 3 is 2.50 bits per heavy atom. The van der Waals surface area contributed by atoms with Gasteiger partial charge in [0.1, 0.15) is 5.82 Å². The van der Waals surface area contributed by atoms with E-state index in [1.807, 2.05) is 36.5 Å². The van der Waals surface area contributed by atoms with Crippen molar-refractivity contribution in [2.45, 2.75) is 20.0 Å². The second kappa shape index (κ2) is 6.12. The first kappa shape index (κ1) is 12.5. The lowest BCUT2D eigenvalue weighted by atomic mass is 10.3. The molecule has 0 saturated heterocycles. The molecule has 0 saturated carbocycles. The molecule has 2 N–H and O–H groups in total. The SMILES string of the molecule is CCN(Cc1ccccn1)Cc1cccc(N)n1. The molecule has 0 bridgehead atoms. The van der Waals surface area contributed by atoms with Gasteiger partial charge in [-0.1, -0.05) is 19.1 Å². The Hall–Kier alpha value is -1.94. The van der Waals surface area contributed by atoms with Gasteiger partial charge in [0.25, 0.3) is 0 Å². The predicted molar refractivity (Wildman–Crippen MR) is 72.7 cm³/mol. The van der Waals surface area contributed by atoms with Gasteiger partial charge in [-0.3, -0.25) is 9.88 Å². The third-order valence-electron chi connectivity index (χ3n) is 2.77. The molecule has 0 radical (unpaired) electrons. The van der Waals surface area contributed by atoms with Crippen LogP contribution in [-0.4, -0.2) is 21.4 Å². The van der Waals surface area contributed by atoms with E-state index in [1.165, 1.54) is 0 Å². The average molecular weight is 242 g/mol. The standard InChI is InChI=1S/C14H18N4/c1-2-18(10-12-6-3-4-9-16-12)11-13-7-5-8-14(15)17-13/h3-9H,2,10-11H2,1H3,(H2,15,17). The third kappa shape index (κ3) is 3.53. The monoisotopic (exact) mass is 242 g/mol. The molecule has 0 aliphatic heterocycles. The molecule has 4 nitrogen and oxygen atoms in total. The summed E-state index contributed by atoms with van der Waals surface area (Å²) in [5.74, 6) is 0.571. The van der Waals surface area contributed by atoms with Crippen molar-refractivity contribution in [3.63, 3.8) is 0 Å². The molecule has 0 aliphatic rings. The highest BCUT2D eigenvalue weighted by molar-refractivity contribution is 5.28. The van der Waals surface area contributed by atoms with Gasteiger partial charge in [-0.15, -0.1) is 0 Å². The minimum absolute atomic E-state index is 0.571. The number of anilines is 1. The maximum atomic E-state index is 5.69. The van der Waals surface area contributed by atoms with Crippen molar-refractivity contribution in [3.05, 3.63) is 54.0 Å². The molecule has 0 fully saturated rings. The van der Waals surface area contributed by atoms with Crippen LogP contribution in [-0.2, 0) is 13.1 Å². The zero-order chi connectivity index (χ0) is 12.8. The summed E-state index contributed by atoms with van der Waals surface area (Å²) in [4.78, 5) is 10.9. The Kier molecular flexibility index (Phi) is 4.25. The molecule has 0 unspecified atom stereocenters. The Bertz CT molecular complexity index is 484. The van der Waals surface area contributed by atoms with E-state index in [-0.39, 0.29) is 0 Å².